The summed E-state index contributed by atoms with van der Waals surface area (Å²) in [4.78, 5) is 11.8. The first kappa shape index (κ1) is 13.0. The smallest absolute Gasteiger partial charge is 0.327 e. The topological polar surface area (TPSA) is 86.5 Å². The predicted molar refractivity (Wildman–Crippen MR) is 65.6 cm³/mol. The second kappa shape index (κ2) is 4.37. The third kappa shape index (κ3) is 2.02. The Morgan fingerprint density at radius 1 is 1.44 bits per heavy atom. The molecule has 5 nitrogen and oxygen atoms in total. The summed E-state index contributed by atoms with van der Waals surface area (Å²) in [5.41, 5.74) is 4.41. The molecule has 1 aromatic rings. The van der Waals surface area contributed by atoms with Crippen molar-refractivity contribution in [2.24, 2.45) is 5.73 Å². The van der Waals surface area contributed by atoms with E-state index in [0.29, 0.717) is 0 Å². The zero-order chi connectivity index (χ0) is 13.4. The van der Waals surface area contributed by atoms with E-state index in [1.54, 1.807) is 25.1 Å². The molecule has 0 amide bonds. The number of esters is 1. The Morgan fingerprint density at radius 3 is 2.61 bits per heavy atom. The van der Waals surface area contributed by atoms with E-state index in [1.165, 1.54) is 12.1 Å². The number of hydrogen-bond donors (Lipinski definition) is 1. The summed E-state index contributed by atoms with van der Waals surface area (Å²) in [6, 6.07) is 8.00. The highest BCUT2D eigenvalue weighted by Crippen LogP contribution is 2.43. The SMILES string of the molecule is CCOC(=O)[C@]1(N)C[C@@H]1S(=O)(=O)c1ccccc1. The highest BCUT2D eigenvalue weighted by molar-refractivity contribution is 7.92. The standard InChI is InChI=1S/C12H15NO4S/c1-2-17-11(14)12(13)8-10(12)18(15,16)9-6-4-3-5-7-9/h3-7,10H,2,8,13H2,1H3/t10-,12-/m0/s1. The fourth-order valence-electron chi connectivity index (χ4n) is 1.89. The van der Waals surface area contributed by atoms with E-state index in [9.17, 15) is 13.2 Å². The van der Waals surface area contributed by atoms with Crippen LogP contribution in [0.15, 0.2) is 35.2 Å². The van der Waals surface area contributed by atoms with Crippen LogP contribution in [0.25, 0.3) is 0 Å². The van der Waals surface area contributed by atoms with Crippen molar-refractivity contribution in [1.29, 1.82) is 0 Å². The van der Waals surface area contributed by atoms with Crippen LogP contribution in [0.2, 0.25) is 0 Å². The molecule has 0 aromatic heterocycles. The minimum Gasteiger partial charge on any atom is -0.465 e. The molecule has 2 N–H and O–H groups in total. The zero-order valence-corrected chi connectivity index (χ0v) is 10.8. The Hall–Kier alpha value is -1.40. The first-order valence-electron chi connectivity index (χ1n) is 5.68. The highest BCUT2D eigenvalue weighted by Gasteiger charge is 2.65. The predicted octanol–water partition coefficient (Wildman–Crippen LogP) is 0.493. The first-order chi connectivity index (χ1) is 8.43. The Labute approximate surface area is 106 Å². The van der Waals surface area contributed by atoms with Crippen molar-refractivity contribution in [1.82, 2.24) is 0 Å². The molecule has 0 unspecified atom stereocenters. The summed E-state index contributed by atoms with van der Waals surface area (Å²) in [5.74, 6) is -0.644. The second-order valence-electron chi connectivity index (χ2n) is 4.31. The van der Waals surface area contributed by atoms with Crippen LogP contribution in [0, 0.1) is 0 Å². The number of rotatable bonds is 4. The lowest BCUT2D eigenvalue weighted by atomic mass is 10.3. The molecule has 0 saturated heterocycles. The molecule has 98 valence electrons. The van der Waals surface area contributed by atoms with Crippen LogP contribution in [0.4, 0.5) is 0 Å². The maximum Gasteiger partial charge on any atom is 0.327 e. The molecular weight excluding hydrogens is 254 g/mol. The molecular formula is C12H15NO4S. The van der Waals surface area contributed by atoms with Crippen molar-refractivity contribution in [3.63, 3.8) is 0 Å². The third-order valence-electron chi connectivity index (χ3n) is 3.04. The zero-order valence-electron chi connectivity index (χ0n) is 10.00. The number of nitrogens with two attached hydrogens (primary N) is 1. The van der Waals surface area contributed by atoms with Crippen LogP contribution in [-0.4, -0.2) is 31.8 Å². The number of sulfone groups is 1. The molecule has 0 spiro atoms. The lowest BCUT2D eigenvalue weighted by Gasteiger charge is -2.10. The Balaban J connectivity index is 2.24. The van der Waals surface area contributed by atoms with Gasteiger partial charge in [-0.25, -0.2) is 8.42 Å². The summed E-state index contributed by atoms with van der Waals surface area (Å²) in [5, 5.41) is -0.883. The molecule has 2 rings (SSSR count). The van der Waals surface area contributed by atoms with Crippen molar-refractivity contribution in [2.45, 2.75) is 29.0 Å². The average molecular weight is 269 g/mol. The first-order valence-corrected chi connectivity index (χ1v) is 7.22. The van der Waals surface area contributed by atoms with Gasteiger partial charge in [-0.1, -0.05) is 18.2 Å². The number of carbonyl (C=O) groups is 1. The molecule has 18 heavy (non-hydrogen) atoms. The summed E-state index contributed by atoms with van der Waals surface area (Å²) in [6.45, 7) is 1.85. The van der Waals surface area contributed by atoms with Gasteiger partial charge in [-0.05, 0) is 25.5 Å². The van der Waals surface area contributed by atoms with E-state index in [1.807, 2.05) is 0 Å². The quantitative estimate of drug-likeness (QED) is 0.804. The average Bonchev–Trinajstić information content (AvgIpc) is 3.06. The molecule has 1 aliphatic rings. The fraction of sp³-hybridized carbons (Fsp3) is 0.417. The molecule has 1 aromatic carbocycles. The van der Waals surface area contributed by atoms with Crippen molar-refractivity contribution < 1.29 is 17.9 Å². The third-order valence-corrected chi connectivity index (χ3v) is 5.30. The molecule has 1 fully saturated rings. The van der Waals surface area contributed by atoms with E-state index in [4.69, 9.17) is 10.5 Å². The van der Waals surface area contributed by atoms with Gasteiger partial charge < -0.3 is 10.5 Å². The molecule has 0 aliphatic heterocycles. The van der Waals surface area contributed by atoms with Gasteiger partial charge in [0.25, 0.3) is 0 Å². The lowest BCUT2D eigenvalue weighted by Crippen LogP contribution is -2.40. The van der Waals surface area contributed by atoms with Crippen LogP contribution in [0.3, 0.4) is 0 Å². The number of carbonyl (C=O) groups excluding carboxylic acids is 1. The maximum atomic E-state index is 12.2. The van der Waals surface area contributed by atoms with Gasteiger partial charge in [-0.15, -0.1) is 0 Å². The minimum atomic E-state index is -3.56. The Bertz CT molecular complexity index is 555. The molecule has 0 heterocycles. The van der Waals surface area contributed by atoms with Gasteiger partial charge in [-0.3, -0.25) is 4.79 Å². The van der Waals surface area contributed by atoms with Crippen LogP contribution < -0.4 is 5.73 Å². The van der Waals surface area contributed by atoms with Crippen LogP contribution in [0.1, 0.15) is 13.3 Å². The van der Waals surface area contributed by atoms with Crippen molar-refractivity contribution in [3.8, 4) is 0 Å². The minimum absolute atomic E-state index is 0.114. The van der Waals surface area contributed by atoms with Gasteiger partial charge in [0.1, 0.15) is 5.54 Å². The van der Waals surface area contributed by atoms with Gasteiger partial charge in [0.05, 0.1) is 16.8 Å². The summed E-state index contributed by atoms with van der Waals surface area (Å²) in [7, 11) is -3.56. The molecule has 6 heteroatoms. The number of hydrogen-bond acceptors (Lipinski definition) is 5. The van der Waals surface area contributed by atoms with Gasteiger partial charge in [0, 0.05) is 0 Å². The Kier molecular flexibility index (Phi) is 3.16. The van der Waals surface area contributed by atoms with Crippen molar-refractivity contribution >= 4 is 15.8 Å². The highest BCUT2D eigenvalue weighted by atomic mass is 32.2. The molecule has 2 atom stereocenters. The van der Waals surface area contributed by atoms with Crippen LogP contribution >= 0.6 is 0 Å². The molecule has 1 aliphatic carbocycles. The van der Waals surface area contributed by atoms with Gasteiger partial charge in [0.15, 0.2) is 9.84 Å². The monoisotopic (exact) mass is 269 g/mol. The van der Waals surface area contributed by atoms with E-state index < -0.39 is 26.6 Å². The second-order valence-corrected chi connectivity index (χ2v) is 6.44. The van der Waals surface area contributed by atoms with Crippen molar-refractivity contribution in [3.05, 3.63) is 30.3 Å². The van der Waals surface area contributed by atoms with Gasteiger partial charge >= 0.3 is 5.97 Å². The summed E-state index contributed by atoms with van der Waals surface area (Å²) < 4.78 is 29.3. The van der Waals surface area contributed by atoms with E-state index in [2.05, 4.69) is 0 Å². The number of ether oxygens (including phenoxy) is 1. The van der Waals surface area contributed by atoms with E-state index >= 15 is 0 Å². The van der Waals surface area contributed by atoms with Crippen LogP contribution in [0.5, 0.6) is 0 Å². The maximum absolute atomic E-state index is 12.2. The van der Waals surface area contributed by atoms with Crippen LogP contribution in [-0.2, 0) is 19.4 Å². The fourth-order valence-corrected chi connectivity index (χ4v) is 3.90. The molecule has 0 radical (unpaired) electrons. The summed E-state index contributed by atoms with van der Waals surface area (Å²) >= 11 is 0. The van der Waals surface area contributed by atoms with Gasteiger partial charge in [0.2, 0.25) is 0 Å². The molecule has 0 bridgehead atoms. The lowest BCUT2D eigenvalue weighted by molar-refractivity contribution is -0.145. The normalized spacial score (nSPS) is 26.7. The van der Waals surface area contributed by atoms with E-state index in [0.717, 1.165) is 0 Å². The van der Waals surface area contributed by atoms with E-state index in [-0.39, 0.29) is 17.9 Å². The Morgan fingerprint density at radius 2 is 2.06 bits per heavy atom. The van der Waals surface area contributed by atoms with Crippen molar-refractivity contribution in [2.75, 3.05) is 6.61 Å². The largest absolute Gasteiger partial charge is 0.465 e. The van der Waals surface area contributed by atoms with Gasteiger partial charge in [-0.2, -0.15) is 0 Å². The molecule has 1 saturated carbocycles. The number of benzene rings is 1. The summed E-state index contributed by atoms with van der Waals surface area (Å²) in [6.07, 6.45) is 0.114.